The number of benzene rings is 2. The Morgan fingerprint density at radius 1 is 0.760 bits per heavy atom. The van der Waals surface area contributed by atoms with Gasteiger partial charge in [-0.2, -0.15) is 0 Å². The van der Waals surface area contributed by atoms with Crippen LogP contribution in [-0.4, -0.2) is 11.3 Å². The zero-order valence-electron chi connectivity index (χ0n) is 11.9. The number of rotatable bonds is 3. The van der Waals surface area contributed by atoms with E-state index in [-0.39, 0.29) is 20.1 Å². The summed E-state index contributed by atoms with van der Waals surface area (Å²) in [7, 11) is 0. The molecule has 3 aromatic rings. The van der Waals surface area contributed by atoms with Crippen LogP contribution >= 0.6 is 80.9 Å². The van der Waals surface area contributed by atoms with Crippen molar-refractivity contribution >= 4 is 87.2 Å². The number of carbonyl (C=O) groups is 1. The molecule has 2 aromatic carbocycles. The number of aromatic nitrogens is 1. The third kappa shape index (κ3) is 3.52. The molecule has 128 valence electrons. The van der Waals surface area contributed by atoms with E-state index in [1.54, 1.807) is 24.3 Å². The fraction of sp³-hybridized carbons (Fsp3) is 0. The number of hydrogen-bond acceptors (Lipinski definition) is 3. The van der Waals surface area contributed by atoms with Gasteiger partial charge in [0.2, 0.25) is 0 Å². The Morgan fingerprint density at radius 2 is 1.28 bits per heavy atom. The molecule has 0 saturated carbocycles. The Kier molecular flexibility index (Phi) is 5.86. The highest BCUT2D eigenvalue weighted by Crippen LogP contribution is 2.44. The number of carbonyl (C=O) groups excluding carboxylic acids is 1. The van der Waals surface area contributed by atoms with Crippen LogP contribution < -0.4 is 0 Å². The third-order valence-corrected chi connectivity index (χ3v) is 6.92. The van der Waals surface area contributed by atoms with Crippen LogP contribution in [0, 0.1) is 0 Å². The Balaban J connectivity index is 2.21. The lowest BCUT2D eigenvalue weighted by Gasteiger charge is -2.06. The van der Waals surface area contributed by atoms with E-state index in [1.165, 1.54) is 0 Å². The summed E-state index contributed by atoms with van der Waals surface area (Å²) in [6.45, 7) is 0. The molecule has 0 spiro atoms. The van der Waals surface area contributed by atoms with Gasteiger partial charge in [0, 0.05) is 11.1 Å². The Bertz CT molecular complexity index is 1000. The van der Waals surface area contributed by atoms with Crippen molar-refractivity contribution in [3.05, 3.63) is 59.3 Å². The highest BCUT2D eigenvalue weighted by Gasteiger charge is 2.21. The van der Waals surface area contributed by atoms with E-state index in [9.17, 15) is 4.79 Å². The standard InChI is InChI=1S/C16H5Cl6NOS/c17-8-3-1-6(11(19)13(8)21)15-10(5-24)25-16(23-15)7-2-4-9(18)14(22)12(7)20/h1-5H. The SMILES string of the molecule is O=Cc1sc(-c2ccc(Cl)c(Cl)c2Cl)nc1-c1ccc(Cl)c(Cl)c1Cl. The molecule has 0 aliphatic heterocycles. The molecule has 1 heterocycles. The quantitative estimate of drug-likeness (QED) is 0.284. The fourth-order valence-corrected chi connectivity index (χ4v) is 4.35. The maximum absolute atomic E-state index is 11.5. The third-order valence-electron chi connectivity index (χ3n) is 3.32. The molecule has 0 aliphatic carbocycles. The average Bonchev–Trinajstić information content (AvgIpc) is 3.01. The summed E-state index contributed by atoms with van der Waals surface area (Å²) in [5.41, 5.74) is 1.45. The second-order valence-electron chi connectivity index (χ2n) is 4.80. The number of thiazole rings is 1. The number of nitrogens with zero attached hydrogens (tertiary/aromatic N) is 1. The molecule has 2 nitrogen and oxygen atoms in total. The van der Waals surface area contributed by atoms with Crippen LogP contribution in [0.2, 0.25) is 30.1 Å². The summed E-state index contributed by atoms with van der Waals surface area (Å²) >= 11 is 37.7. The van der Waals surface area contributed by atoms with E-state index in [1.807, 2.05) is 0 Å². The predicted molar refractivity (Wildman–Crippen MR) is 108 cm³/mol. The summed E-state index contributed by atoms with van der Waals surface area (Å²) in [4.78, 5) is 16.4. The predicted octanol–water partition coefficient (Wildman–Crippen LogP) is 8.21. The lowest BCUT2D eigenvalue weighted by Crippen LogP contribution is -1.87. The van der Waals surface area contributed by atoms with E-state index in [4.69, 9.17) is 69.6 Å². The second-order valence-corrected chi connectivity index (χ2v) is 8.15. The van der Waals surface area contributed by atoms with Crippen molar-refractivity contribution in [2.24, 2.45) is 0 Å². The Hall–Kier alpha value is -0.520. The van der Waals surface area contributed by atoms with Crippen molar-refractivity contribution < 1.29 is 4.79 Å². The van der Waals surface area contributed by atoms with Crippen molar-refractivity contribution in [1.82, 2.24) is 4.98 Å². The van der Waals surface area contributed by atoms with Gasteiger partial charge in [0.25, 0.3) is 0 Å². The van der Waals surface area contributed by atoms with Gasteiger partial charge in [0.15, 0.2) is 6.29 Å². The molecule has 0 saturated heterocycles. The van der Waals surface area contributed by atoms with Crippen molar-refractivity contribution in [1.29, 1.82) is 0 Å². The molecule has 0 amide bonds. The van der Waals surface area contributed by atoms with Gasteiger partial charge in [-0.05, 0) is 24.3 Å². The van der Waals surface area contributed by atoms with Crippen LogP contribution in [0.5, 0.6) is 0 Å². The monoisotopic (exact) mass is 469 g/mol. The molecule has 0 fully saturated rings. The van der Waals surface area contributed by atoms with Crippen LogP contribution in [0.4, 0.5) is 0 Å². The minimum absolute atomic E-state index is 0.194. The van der Waals surface area contributed by atoms with E-state index in [2.05, 4.69) is 4.98 Å². The molecule has 9 heteroatoms. The van der Waals surface area contributed by atoms with Gasteiger partial charge in [-0.15, -0.1) is 11.3 Å². The van der Waals surface area contributed by atoms with Gasteiger partial charge in [0.05, 0.1) is 40.7 Å². The molecule has 0 aliphatic rings. The van der Waals surface area contributed by atoms with Crippen molar-refractivity contribution in [2.75, 3.05) is 0 Å². The van der Waals surface area contributed by atoms with Crippen LogP contribution in [0.1, 0.15) is 9.67 Å². The van der Waals surface area contributed by atoms with Gasteiger partial charge < -0.3 is 0 Å². The van der Waals surface area contributed by atoms with Gasteiger partial charge in [-0.1, -0.05) is 69.6 Å². The summed E-state index contributed by atoms with van der Waals surface area (Å²) < 4.78 is 0. The Morgan fingerprint density at radius 3 is 1.84 bits per heavy atom. The van der Waals surface area contributed by atoms with Gasteiger partial charge in [-0.3, -0.25) is 4.79 Å². The van der Waals surface area contributed by atoms with E-state index < -0.39 is 0 Å². The number of halogens is 6. The molecule has 3 rings (SSSR count). The lowest BCUT2D eigenvalue weighted by atomic mass is 10.1. The average molecular weight is 472 g/mol. The first-order chi connectivity index (χ1) is 11.8. The normalized spacial score (nSPS) is 11.0. The first-order valence-electron chi connectivity index (χ1n) is 6.59. The largest absolute Gasteiger partial charge is 0.297 e. The zero-order valence-corrected chi connectivity index (χ0v) is 17.3. The van der Waals surface area contributed by atoms with Crippen molar-refractivity contribution in [2.45, 2.75) is 0 Å². The summed E-state index contributed by atoms with van der Waals surface area (Å²) in [5, 5.41) is 2.03. The summed E-state index contributed by atoms with van der Waals surface area (Å²) in [6.07, 6.45) is 0.695. The summed E-state index contributed by atoms with van der Waals surface area (Å²) in [6, 6.07) is 6.53. The molecule has 0 atom stereocenters. The molecule has 0 unspecified atom stereocenters. The molecule has 25 heavy (non-hydrogen) atoms. The van der Waals surface area contributed by atoms with E-state index in [0.29, 0.717) is 43.0 Å². The van der Waals surface area contributed by atoms with Crippen LogP contribution in [0.15, 0.2) is 24.3 Å². The minimum atomic E-state index is 0.194. The number of hydrogen-bond donors (Lipinski definition) is 0. The van der Waals surface area contributed by atoms with Crippen molar-refractivity contribution in [3.63, 3.8) is 0 Å². The minimum Gasteiger partial charge on any atom is -0.297 e. The van der Waals surface area contributed by atoms with Crippen LogP contribution in [0.3, 0.4) is 0 Å². The molecule has 0 N–H and O–H groups in total. The molecular weight excluding hydrogens is 467 g/mol. The Labute approximate surface area is 177 Å². The van der Waals surface area contributed by atoms with Crippen LogP contribution in [-0.2, 0) is 0 Å². The smallest absolute Gasteiger partial charge is 0.162 e. The van der Waals surface area contributed by atoms with E-state index in [0.717, 1.165) is 11.3 Å². The molecule has 0 bridgehead atoms. The molecular formula is C16H5Cl6NOS. The zero-order chi connectivity index (χ0) is 18.3. The maximum atomic E-state index is 11.5. The topological polar surface area (TPSA) is 30.0 Å². The summed E-state index contributed by atoms with van der Waals surface area (Å²) in [5.74, 6) is 0. The van der Waals surface area contributed by atoms with Crippen LogP contribution in [0.25, 0.3) is 21.8 Å². The van der Waals surface area contributed by atoms with Gasteiger partial charge in [-0.25, -0.2) is 4.98 Å². The molecule has 0 radical (unpaired) electrons. The second kappa shape index (κ2) is 7.61. The van der Waals surface area contributed by atoms with Gasteiger partial charge >= 0.3 is 0 Å². The maximum Gasteiger partial charge on any atom is 0.162 e. The fourth-order valence-electron chi connectivity index (χ4n) is 2.12. The molecule has 1 aromatic heterocycles. The van der Waals surface area contributed by atoms with E-state index >= 15 is 0 Å². The highest BCUT2D eigenvalue weighted by atomic mass is 35.5. The van der Waals surface area contributed by atoms with Crippen molar-refractivity contribution in [3.8, 4) is 21.8 Å². The van der Waals surface area contributed by atoms with Gasteiger partial charge in [0.1, 0.15) is 5.01 Å². The lowest BCUT2D eigenvalue weighted by molar-refractivity contribution is 0.112. The first-order valence-corrected chi connectivity index (χ1v) is 9.67. The highest BCUT2D eigenvalue weighted by molar-refractivity contribution is 7.17. The first kappa shape index (κ1) is 19.2. The number of aldehydes is 1.